The van der Waals surface area contributed by atoms with Gasteiger partial charge in [-0.05, 0) is 29.8 Å². The summed E-state index contributed by atoms with van der Waals surface area (Å²) < 4.78 is 42.4. The fourth-order valence-corrected chi connectivity index (χ4v) is 3.93. The van der Waals surface area contributed by atoms with Gasteiger partial charge in [-0.2, -0.15) is 0 Å². The Kier molecular flexibility index (Phi) is 6.24. The molecule has 0 spiro atoms. The Bertz CT molecular complexity index is 928. The number of benzene rings is 2. The molecule has 0 fully saturated rings. The number of rotatable bonds is 6. The number of halogens is 3. The van der Waals surface area contributed by atoms with Crippen molar-refractivity contribution in [3.8, 4) is 5.75 Å². The number of carbonyl (C=O) groups is 1. The van der Waals surface area contributed by atoms with E-state index in [4.69, 9.17) is 16.3 Å². The number of ether oxygens (including phenoxy) is 1. The van der Waals surface area contributed by atoms with E-state index >= 15 is 0 Å². The first kappa shape index (κ1) is 19.9. The van der Waals surface area contributed by atoms with Crippen LogP contribution in [0.2, 0.25) is 5.02 Å². The van der Waals surface area contributed by atoms with Crippen LogP contribution in [0.25, 0.3) is 0 Å². The third-order valence-electron chi connectivity index (χ3n) is 3.59. The van der Waals surface area contributed by atoms with Gasteiger partial charge in [0.2, 0.25) is 0 Å². The van der Waals surface area contributed by atoms with Crippen LogP contribution < -0.4 is 4.74 Å². The molecule has 0 aliphatic carbocycles. The lowest BCUT2D eigenvalue weighted by Crippen LogP contribution is -2.08. The minimum atomic E-state index is -3.18. The number of hydrogen-bond donors (Lipinski definition) is 0. The molecule has 0 saturated heterocycles. The molecule has 4 nitrogen and oxygen atoms in total. The predicted octanol–water partition coefficient (Wildman–Crippen LogP) is 4.42. The summed E-state index contributed by atoms with van der Waals surface area (Å²) in [6.07, 6.45) is 0. The van der Waals surface area contributed by atoms with E-state index < -0.39 is 21.4 Å². The molecule has 8 heteroatoms. The van der Waals surface area contributed by atoms with Crippen LogP contribution in [0.3, 0.4) is 0 Å². The minimum Gasteiger partial charge on any atom is -0.494 e. The van der Waals surface area contributed by atoms with Crippen LogP contribution in [-0.2, 0) is 15.6 Å². The van der Waals surface area contributed by atoms with Crippen LogP contribution in [0.5, 0.6) is 5.75 Å². The highest BCUT2D eigenvalue weighted by Crippen LogP contribution is 2.30. The van der Waals surface area contributed by atoms with E-state index in [1.165, 1.54) is 19.2 Å². The maximum absolute atomic E-state index is 13.6. The van der Waals surface area contributed by atoms with Gasteiger partial charge in [0, 0.05) is 21.4 Å². The zero-order valence-corrected chi connectivity index (χ0v) is 16.6. The van der Waals surface area contributed by atoms with Crippen LogP contribution in [0, 0.1) is 5.82 Å². The molecule has 2 aromatic carbocycles. The van der Waals surface area contributed by atoms with Crippen LogP contribution in [-0.4, -0.2) is 27.1 Å². The van der Waals surface area contributed by atoms with E-state index in [0.29, 0.717) is 10.0 Å². The Morgan fingerprint density at radius 2 is 1.92 bits per heavy atom. The van der Waals surface area contributed by atoms with Crippen molar-refractivity contribution in [2.24, 2.45) is 0 Å². The Balaban J connectivity index is 2.41. The van der Waals surface area contributed by atoms with Gasteiger partial charge in [0.15, 0.2) is 27.2 Å². The first-order chi connectivity index (χ1) is 11.7. The van der Waals surface area contributed by atoms with Crippen molar-refractivity contribution in [2.75, 3.05) is 12.9 Å². The molecule has 0 heterocycles. The van der Waals surface area contributed by atoms with Crippen LogP contribution in [0.15, 0.2) is 34.8 Å². The maximum atomic E-state index is 13.6. The van der Waals surface area contributed by atoms with Gasteiger partial charge in [0.1, 0.15) is 0 Å². The third kappa shape index (κ3) is 4.59. The van der Waals surface area contributed by atoms with Gasteiger partial charge >= 0.3 is 0 Å². The zero-order valence-electron chi connectivity index (χ0n) is 13.5. The maximum Gasteiger partial charge on any atom is 0.195 e. The molecule has 0 atom stereocenters. The molecule has 0 N–H and O–H groups in total. The molecular formula is C17H15BrClFO4S. The Hall–Kier alpha value is -1.44. The van der Waals surface area contributed by atoms with Crippen molar-refractivity contribution in [3.63, 3.8) is 0 Å². The summed E-state index contributed by atoms with van der Waals surface area (Å²) in [6.45, 7) is 1.58. The summed E-state index contributed by atoms with van der Waals surface area (Å²) in [5.74, 6) is -1.25. The first-order valence-electron chi connectivity index (χ1n) is 7.25. The average Bonchev–Trinajstić information content (AvgIpc) is 2.54. The topological polar surface area (TPSA) is 60.4 Å². The van der Waals surface area contributed by atoms with Crippen molar-refractivity contribution in [1.82, 2.24) is 0 Å². The molecule has 0 aromatic heterocycles. The van der Waals surface area contributed by atoms with E-state index in [9.17, 15) is 17.6 Å². The highest BCUT2D eigenvalue weighted by atomic mass is 79.9. The molecule has 0 saturated carbocycles. The number of carbonyl (C=O) groups excluding carboxylic acids is 1. The Morgan fingerprint density at radius 3 is 2.48 bits per heavy atom. The second kappa shape index (κ2) is 7.85. The molecule has 0 unspecified atom stereocenters. The summed E-state index contributed by atoms with van der Waals surface area (Å²) in [5, 5.41) is -0.0344. The Labute approximate surface area is 159 Å². The molecule has 2 rings (SSSR count). The van der Waals surface area contributed by atoms with Crippen molar-refractivity contribution >= 4 is 43.2 Å². The van der Waals surface area contributed by atoms with Gasteiger partial charge in [-0.25, -0.2) is 12.8 Å². The van der Waals surface area contributed by atoms with E-state index in [2.05, 4.69) is 15.9 Å². The lowest BCUT2D eigenvalue weighted by atomic mass is 10.0. The standard InChI is InChI=1S/C17H15BrClFO4S/c1-3-25(22,23)9-10-4-5-11(13(18)6-10)17(21)12-7-16(24-2)15(20)8-14(12)19/h4-8H,3,9H2,1-2H3. The third-order valence-corrected chi connectivity index (χ3v) is 6.21. The zero-order chi connectivity index (χ0) is 18.8. The summed E-state index contributed by atoms with van der Waals surface area (Å²) in [6, 6.07) is 6.92. The fraction of sp³-hybridized carbons (Fsp3) is 0.235. The highest BCUT2D eigenvalue weighted by molar-refractivity contribution is 9.10. The van der Waals surface area contributed by atoms with Crippen LogP contribution >= 0.6 is 27.5 Å². The average molecular weight is 450 g/mol. The van der Waals surface area contributed by atoms with Gasteiger partial charge < -0.3 is 4.74 Å². The quantitative estimate of drug-likeness (QED) is 0.613. The number of hydrogen-bond acceptors (Lipinski definition) is 4. The molecule has 2 aromatic rings. The second-order valence-corrected chi connectivity index (χ2v) is 8.90. The molecule has 25 heavy (non-hydrogen) atoms. The van der Waals surface area contributed by atoms with E-state index in [1.54, 1.807) is 19.1 Å². The summed E-state index contributed by atoms with van der Waals surface area (Å²) in [5.41, 5.74) is 0.941. The molecular weight excluding hydrogens is 435 g/mol. The van der Waals surface area contributed by atoms with Crippen LogP contribution in [0.1, 0.15) is 28.4 Å². The lowest BCUT2D eigenvalue weighted by molar-refractivity contribution is 0.103. The lowest BCUT2D eigenvalue weighted by Gasteiger charge is -2.10. The fourth-order valence-electron chi connectivity index (χ4n) is 2.19. The molecule has 0 amide bonds. The van der Waals surface area contributed by atoms with Crippen molar-refractivity contribution in [2.45, 2.75) is 12.7 Å². The number of ketones is 1. The van der Waals surface area contributed by atoms with Crippen molar-refractivity contribution < 1.29 is 22.3 Å². The predicted molar refractivity (Wildman–Crippen MR) is 98.7 cm³/mol. The van der Waals surface area contributed by atoms with E-state index in [1.807, 2.05) is 0 Å². The SMILES string of the molecule is CCS(=O)(=O)Cc1ccc(C(=O)c2cc(OC)c(F)cc2Cl)c(Br)c1. The minimum absolute atomic E-state index is 0.0344. The molecule has 0 radical (unpaired) electrons. The van der Waals surface area contributed by atoms with Crippen molar-refractivity contribution in [3.05, 3.63) is 62.3 Å². The largest absolute Gasteiger partial charge is 0.494 e. The molecule has 134 valence electrons. The molecule has 0 aliphatic rings. The second-order valence-electron chi connectivity index (χ2n) is 5.29. The van der Waals surface area contributed by atoms with Gasteiger partial charge in [-0.1, -0.05) is 40.5 Å². The number of methoxy groups -OCH3 is 1. The first-order valence-corrected chi connectivity index (χ1v) is 10.2. The monoisotopic (exact) mass is 448 g/mol. The van der Waals surface area contributed by atoms with E-state index in [0.717, 1.165) is 6.07 Å². The summed E-state index contributed by atoms with van der Waals surface area (Å²) >= 11 is 9.27. The van der Waals surface area contributed by atoms with Gasteiger partial charge in [0.25, 0.3) is 0 Å². The van der Waals surface area contributed by atoms with Crippen molar-refractivity contribution in [1.29, 1.82) is 0 Å². The summed E-state index contributed by atoms with van der Waals surface area (Å²) in [7, 11) is -1.89. The molecule has 0 aliphatic heterocycles. The smallest absolute Gasteiger partial charge is 0.195 e. The normalized spacial score (nSPS) is 11.4. The van der Waals surface area contributed by atoms with E-state index in [-0.39, 0.29) is 33.4 Å². The molecule has 0 bridgehead atoms. The Morgan fingerprint density at radius 1 is 1.24 bits per heavy atom. The van der Waals surface area contributed by atoms with Crippen LogP contribution in [0.4, 0.5) is 4.39 Å². The highest BCUT2D eigenvalue weighted by Gasteiger charge is 2.20. The summed E-state index contributed by atoms with van der Waals surface area (Å²) in [4.78, 5) is 12.7. The van der Waals surface area contributed by atoms with Gasteiger partial charge in [-0.15, -0.1) is 0 Å². The van der Waals surface area contributed by atoms with Gasteiger partial charge in [-0.3, -0.25) is 4.79 Å². The number of sulfone groups is 1. The van der Waals surface area contributed by atoms with Gasteiger partial charge in [0.05, 0.1) is 17.9 Å².